The molecule has 1 fully saturated rings. The van der Waals surface area contributed by atoms with Gasteiger partial charge in [0.15, 0.2) is 0 Å². The van der Waals surface area contributed by atoms with Gasteiger partial charge in [-0.3, -0.25) is 4.79 Å². The number of nitrogens with zero attached hydrogens (tertiary/aromatic N) is 3. The molecular weight excluding hydrogens is 192 g/mol. The highest BCUT2D eigenvalue weighted by Crippen LogP contribution is 2.08. The third-order valence-electron chi connectivity index (χ3n) is 2.70. The van der Waals surface area contributed by atoms with Crippen LogP contribution < -0.4 is 5.32 Å². The molecule has 2 rings (SSSR count). The highest BCUT2D eigenvalue weighted by molar-refractivity contribution is 5.83. The molecule has 0 bridgehead atoms. The van der Waals surface area contributed by atoms with Gasteiger partial charge in [-0.2, -0.15) is 5.10 Å². The van der Waals surface area contributed by atoms with E-state index in [-0.39, 0.29) is 11.7 Å². The van der Waals surface area contributed by atoms with Crippen LogP contribution in [0.4, 0.5) is 0 Å². The topological polar surface area (TPSA) is 59.8 Å². The van der Waals surface area contributed by atoms with Gasteiger partial charge in [-0.15, -0.1) is 0 Å². The second kappa shape index (κ2) is 4.53. The minimum absolute atomic E-state index is 0.191. The monoisotopic (exact) mass is 208 g/mol. The van der Waals surface area contributed by atoms with Crippen molar-refractivity contribution in [1.82, 2.24) is 20.1 Å². The van der Waals surface area contributed by atoms with Crippen LogP contribution in [0.3, 0.4) is 0 Å². The van der Waals surface area contributed by atoms with Gasteiger partial charge in [-0.25, -0.2) is 9.67 Å². The number of carbonyl (C=O) groups is 1. The van der Waals surface area contributed by atoms with Crippen molar-refractivity contribution in [2.24, 2.45) is 5.92 Å². The molecule has 1 aromatic heterocycles. The molecule has 0 spiro atoms. The summed E-state index contributed by atoms with van der Waals surface area (Å²) in [6.07, 6.45) is 2.96. The van der Waals surface area contributed by atoms with Crippen molar-refractivity contribution in [2.45, 2.75) is 26.3 Å². The van der Waals surface area contributed by atoms with Gasteiger partial charge in [0.05, 0.1) is 6.42 Å². The number of Topliss-reactive ketones (excluding diaryl/α,β-unsaturated/α-hetero) is 1. The average molecular weight is 208 g/mol. The Morgan fingerprint density at radius 2 is 2.47 bits per heavy atom. The first-order valence-electron chi connectivity index (χ1n) is 5.41. The molecule has 0 radical (unpaired) electrons. The number of rotatable bonds is 5. The number of carbonyl (C=O) groups excluding carboxylic acids is 1. The van der Waals surface area contributed by atoms with Gasteiger partial charge >= 0.3 is 0 Å². The number of aryl methyl sites for hydroxylation is 1. The molecule has 1 N–H and O–H groups in total. The van der Waals surface area contributed by atoms with E-state index in [1.807, 2.05) is 4.68 Å². The third kappa shape index (κ3) is 2.23. The lowest BCUT2D eigenvalue weighted by Crippen LogP contribution is -2.47. The number of aromatic nitrogens is 3. The molecule has 0 unspecified atom stereocenters. The van der Waals surface area contributed by atoms with Crippen molar-refractivity contribution in [3.8, 4) is 0 Å². The maximum atomic E-state index is 11.7. The fraction of sp³-hybridized carbons (Fsp3) is 0.700. The summed E-state index contributed by atoms with van der Waals surface area (Å²) in [5.41, 5.74) is 0. The fourth-order valence-electron chi connectivity index (χ4n) is 1.64. The Labute approximate surface area is 88.9 Å². The predicted octanol–water partition coefficient (Wildman–Crippen LogP) is 0.0191. The average Bonchev–Trinajstić information content (AvgIpc) is 2.50. The molecule has 1 aliphatic heterocycles. The minimum atomic E-state index is 0.191. The number of hydrogen-bond acceptors (Lipinski definition) is 4. The molecule has 15 heavy (non-hydrogen) atoms. The molecular formula is C10H16N4O. The quantitative estimate of drug-likeness (QED) is 0.741. The van der Waals surface area contributed by atoms with Gasteiger partial charge in [0.1, 0.15) is 17.9 Å². The molecule has 0 amide bonds. The number of hydrogen-bond donors (Lipinski definition) is 1. The SMILES string of the molecule is CCCn1ncnc1CC(=O)C1CNC1. The normalized spacial score (nSPS) is 16.3. The summed E-state index contributed by atoms with van der Waals surface area (Å²) in [5.74, 6) is 1.27. The first-order chi connectivity index (χ1) is 7.31. The van der Waals surface area contributed by atoms with Gasteiger partial charge in [0.2, 0.25) is 0 Å². The summed E-state index contributed by atoms with van der Waals surface area (Å²) in [6, 6.07) is 0. The van der Waals surface area contributed by atoms with Gasteiger partial charge in [0.25, 0.3) is 0 Å². The lowest BCUT2D eigenvalue weighted by molar-refractivity contribution is -0.123. The van der Waals surface area contributed by atoms with Crippen LogP contribution in [-0.4, -0.2) is 33.6 Å². The van der Waals surface area contributed by atoms with E-state index < -0.39 is 0 Å². The van der Waals surface area contributed by atoms with Gasteiger partial charge in [-0.05, 0) is 6.42 Å². The summed E-state index contributed by atoms with van der Waals surface area (Å²) < 4.78 is 1.82. The second-order valence-electron chi connectivity index (χ2n) is 3.90. The van der Waals surface area contributed by atoms with Gasteiger partial charge in [-0.1, -0.05) is 6.92 Å². The first-order valence-corrected chi connectivity index (χ1v) is 5.41. The molecule has 2 heterocycles. The lowest BCUT2D eigenvalue weighted by Gasteiger charge is -2.25. The minimum Gasteiger partial charge on any atom is -0.315 e. The maximum Gasteiger partial charge on any atom is 0.146 e. The highest BCUT2D eigenvalue weighted by atomic mass is 16.1. The molecule has 1 aliphatic rings. The van der Waals surface area contributed by atoms with Crippen molar-refractivity contribution in [3.05, 3.63) is 12.2 Å². The summed E-state index contributed by atoms with van der Waals surface area (Å²) >= 11 is 0. The molecule has 0 aromatic carbocycles. The number of nitrogens with one attached hydrogen (secondary N) is 1. The summed E-state index contributed by atoms with van der Waals surface area (Å²) in [6.45, 7) is 4.57. The summed E-state index contributed by atoms with van der Waals surface area (Å²) in [4.78, 5) is 15.9. The highest BCUT2D eigenvalue weighted by Gasteiger charge is 2.25. The molecule has 1 saturated heterocycles. The lowest BCUT2D eigenvalue weighted by atomic mass is 9.96. The van der Waals surface area contributed by atoms with E-state index in [0.29, 0.717) is 6.42 Å². The maximum absolute atomic E-state index is 11.7. The number of ketones is 1. The van der Waals surface area contributed by atoms with Crippen molar-refractivity contribution >= 4 is 5.78 Å². The van der Waals surface area contributed by atoms with Crippen LogP contribution in [-0.2, 0) is 17.8 Å². The smallest absolute Gasteiger partial charge is 0.146 e. The molecule has 0 saturated carbocycles. The third-order valence-corrected chi connectivity index (χ3v) is 2.70. The van der Waals surface area contributed by atoms with Gasteiger partial charge < -0.3 is 5.32 Å². The van der Waals surface area contributed by atoms with Crippen LogP contribution in [0.25, 0.3) is 0 Å². The van der Waals surface area contributed by atoms with E-state index in [4.69, 9.17) is 0 Å². The van der Waals surface area contributed by atoms with Crippen molar-refractivity contribution in [3.63, 3.8) is 0 Å². The Bertz CT molecular complexity index is 343. The standard InChI is InChI=1S/C10H16N4O/c1-2-3-14-10(12-7-13-14)4-9(15)8-5-11-6-8/h7-8,11H,2-6H2,1H3. The Balaban J connectivity index is 1.96. The van der Waals surface area contributed by atoms with E-state index in [1.165, 1.54) is 6.33 Å². The van der Waals surface area contributed by atoms with Gasteiger partial charge in [0, 0.05) is 25.6 Å². The van der Waals surface area contributed by atoms with Crippen LogP contribution in [0.15, 0.2) is 6.33 Å². The van der Waals surface area contributed by atoms with Crippen LogP contribution in [0.1, 0.15) is 19.2 Å². The molecule has 1 aromatic rings. The Kier molecular flexibility index (Phi) is 3.11. The van der Waals surface area contributed by atoms with Crippen LogP contribution in [0.5, 0.6) is 0 Å². The van der Waals surface area contributed by atoms with Crippen LogP contribution in [0, 0.1) is 5.92 Å². The Morgan fingerprint density at radius 3 is 3.07 bits per heavy atom. The summed E-state index contributed by atoms with van der Waals surface area (Å²) in [5, 5.41) is 7.20. The van der Waals surface area contributed by atoms with Crippen LogP contribution in [0.2, 0.25) is 0 Å². The molecule has 82 valence electrons. The first kappa shape index (κ1) is 10.3. The molecule has 0 aliphatic carbocycles. The van der Waals surface area contributed by atoms with E-state index >= 15 is 0 Å². The Morgan fingerprint density at radius 1 is 1.67 bits per heavy atom. The summed E-state index contributed by atoms with van der Waals surface area (Å²) in [7, 11) is 0. The fourth-order valence-corrected chi connectivity index (χ4v) is 1.64. The second-order valence-corrected chi connectivity index (χ2v) is 3.90. The largest absolute Gasteiger partial charge is 0.315 e. The molecule has 0 atom stereocenters. The molecule has 5 heteroatoms. The zero-order valence-electron chi connectivity index (χ0n) is 8.94. The predicted molar refractivity (Wildman–Crippen MR) is 55.4 cm³/mol. The van der Waals surface area contributed by atoms with Crippen molar-refractivity contribution < 1.29 is 4.79 Å². The van der Waals surface area contributed by atoms with Crippen LogP contribution >= 0.6 is 0 Å². The molecule has 5 nitrogen and oxygen atoms in total. The van der Waals surface area contributed by atoms with E-state index in [1.54, 1.807) is 0 Å². The van der Waals surface area contributed by atoms with Crippen molar-refractivity contribution in [2.75, 3.05) is 13.1 Å². The Hall–Kier alpha value is -1.23. The zero-order chi connectivity index (χ0) is 10.7. The van der Waals surface area contributed by atoms with E-state index in [2.05, 4.69) is 22.3 Å². The van der Waals surface area contributed by atoms with Crippen molar-refractivity contribution in [1.29, 1.82) is 0 Å². The zero-order valence-corrected chi connectivity index (χ0v) is 8.94. The van der Waals surface area contributed by atoms with E-state index in [9.17, 15) is 4.79 Å². The van der Waals surface area contributed by atoms with E-state index in [0.717, 1.165) is 31.9 Å².